The van der Waals surface area contributed by atoms with Gasteiger partial charge in [-0.25, -0.2) is 0 Å². The van der Waals surface area contributed by atoms with Crippen LogP contribution in [0.5, 0.6) is 0 Å². The Morgan fingerprint density at radius 2 is 1.95 bits per heavy atom. The van der Waals surface area contributed by atoms with Crippen molar-refractivity contribution >= 4 is 11.6 Å². The highest BCUT2D eigenvalue weighted by Crippen LogP contribution is 2.16. The SMILES string of the molecule is Cc1ccc(C(C)NC(=O)c2cnccc2NN)cc1. The smallest absolute Gasteiger partial charge is 0.255 e. The number of aryl methyl sites for hydroxylation is 1. The molecule has 1 atom stereocenters. The first-order valence-corrected chi connectivity index (χ1v) is 6.40. The molecular formula is C15H18N4O. The lowest BCUT2D eigenvalue weighted by molar-refractivity contribution is 0.0940. The van der Waals surface area contributed by atoms with Gasteiger partial charge in [0.05, 0.1) is 17.3 Å². The van der Waals surface area contributed by atoms with Crippen LogP contribution >= 0.6 is 0 Å². The van der Waals surface area contributed by atoms with Crippen molar-refractivity contribution in [2.24, 2.45) is 5.84 Å². The summed E-state index contributed by atoms with van der Waals surface area (Å²) in [6, 6.07) is 9.63. The average Bonchev–Trinajstić information content (AvgIpc) is 2.47. The maximum Gasteiger partial charge on any atom is 0.255 e. The molecule has 20 heavy (non-hydrogen) atoms. The Balaban J connectivity index is 2.13. The van der Waals surface area contributed by atoms with E-state index >= 15 is 0 Å². The summed E-state index contributed by atoms with van der Waals surface area (Å²) in [6.45, 7) is 3.97. The van der Waals surface area contributed by atoms with Crippen LogP contribution in [0.3, 0.4) is 0 Å². The molecule has 0 saturated heterocycles. The quantitative estimate of drug-likeness (QED) is 0.587. The first kappa shape index (κ1) is 14.0. The third-order valence-corrected chi connectivity index (χ3v) is 3.15. The number of pyridine rings is 1. The number of nitrogens with one attached hydrogen (secondary N) is 2. The molecule has 1 amide bonds. The Morgan fingerprint density at radius 1 is 1.25 bits per heavy atom. The lowest BCUT2D eigenvalue weighted by Gasteiger charge is -2.15. The Kier molecular flexibility index (Phi) is 4.32. The summed E-state index contributed by atoms with van der Waals surface area (Å²) in [5.74, 6) is 5.18. The number of hydrogen-bond donors (Lipinski definition) is 3. The number of carbonyl (C=O) groups is 1. The second-order valence-corrected chi connectivity index (χ2v) is 4.67. The van der Waals surface area contributed by atoms with Crippen LogP contribution in [0.25, 0.3) is 0 Å². The Morgan fingerprint density at radius 3 is 2.60 bits per heavy atom. The van der Waals surface area contributed by atoms with E-state index in [-0.39, 0.29) is 11.9 Å². The first-order chi connectivity index (χ1) is 9.61. The minimum Gasteiger partial charge on any atom is -0.345 e. The van der Waals surface area contributed by atoms with Gasteiger partial charge >= 0.3 is 0 Å². The number of hydrazine groups is 1. The molecule has 0 aliphatic carbocycles. The topological polar surface area (TPSA) is 80.0 Å². The third-order valence-electron chi connectivity index (χ3n) is 3.15. The van der Waals surface area contributed by atoms with Gasteiger partial charge in [-0.3, -0.25) is 15.6 Å². The van der Waals surface area contributed by atoms with E-state index in [9.17, 15) is 4.79 Å². The number of rotatable bonds is 4. The average molecular weight is 270 g/mol. The normalized spacial score (nSPS) is 11.8. The van der Waals surface area contributed by atoms with Crippen molar-refractivity contribution in [3.05, 3.63) is 59.4 Å². The zero-order valence-corrected chi connectivity index (χ0v) is 11.6. The monoisotopic (exact) mass is 270 g/mol. The number of nitrogens with zero attached hydrogens (tertiary/aromatic N) is 1. The number of hydrogen-bond acceptors (Lipinski definition) is 4. The maximum atomic E-state index is 12.2. The van der Waals surface area contributed by atoms with Crippen molar-refractivity contribution in [1.82, 2.24) is 10.3 Å². The molecule has 0 aliphatic rings. The van der Waals surface area contributed by atoms with E-state index in [0.29, 0.717) is 11.3 Å². The molecule has 0 saturated carbocycles. The van der Waals surface area contributed by atoms with Crippen LogP contribution in [0.2, 0.25) is 0 Å². The van der Waals surface area contributed by atoms with E-state index in [1.165, 1.54) is 11.8 Å². The molecule has 2 aromatic rings. The van der Waals surface area contributed by atoms with E-state index in [4.69, 9.17) is 5.84 Å². The molecule has 104 valence electrons. The van der Waals surface area contributed by atoms with Gasteiger partial charge in [-0.05, 0) is 25.5 Å². The third kappa shape index (κ3) is 3.13. The molecular weight excluding hydrogens is 252 g/mol. The standard InChI is InChI=1S/C15H18N4O/c1-10-3-5-12(6-4-10)11(2)18-15(20)13-9-17-8-7-14(13)19-16/h3-9,11H,16H2,1-2H3,(H,17,19)(H,18,20). The molecule has 2 rings (SSSR count). The van der Waals surface area contributed by atoms with Crippen molar-refractivity contribution in [2.45, 2.75) is 19.9 Å². The van der Waals surface area contributed by atoms with Crippen LogP contribution in [0.1, 0.15) is 34.5 Å². The number of anilines is 1. The molecule has 0 radical (unpaired) electrons. The van der Waals surface area contributed by atoms with Crippen LogP contribution in [-0.4, -0.2) is 10.9 Å². The molecule has 0 fully saturated rings. The number of carbonyl (C=O) groups excluding carboxylic acids is 1. The minimum absolute atomic E-state index is 0.0890. The van der Waals surface area contributed by atoms with Crippen LogP contribution in [-0.2, 0) is 0 Å². The summed E-state index contributed by atoms with van der Waals surface area (Å²) in [5.41, 5.74) is 5.71. The van der Waals surface area contributed by atoms with E-state index in [1.54, 1.807) is 12.3 Å². The number of nitrogen functional groups attached to an aromatic ring is 1. The van der Waals surface area contributed by atoms with Gasteiger partial charge in [0.1, 0.15) is 0 Å². The molecule has 0 aliphatic heterocycles. The van der Waals surface area contributed by atoms with Gasteiger partial charge < -0.3 is 10.7 Å². The second kappa shape index (κ2) is 6.16. The molecule has 1 heterocycles. The highest BCUT2D eigenvalue weighted by molar-refractivity contribution is 5.99. The van der Waals surface area contributed by atoms with Gasteiger partial charge in [-0.2, -0.15) is 0 Å². The Labute approximate surface area is 118 Å². The van der Waals surface area contributed by atoms with Crippen LogP contribution < -0.4 is 16.6 Å². The predicted octanol–water partition coefficient (Wildman–Crippen LogP) is 2.17. The number of benzene rings is 1. The van der Waals surface area contributed by atoms with Gasteiger partial charge in [-0.15, -0.1) is 0 Å². The lowest BCUT2D eigenvalue weighted by Crippen LogP contribution is -2.28. The summed E-state index contributed by atoms with van der Waals surface area (Å²) >= 11 is 0. The van der Waals surface area contributed by atoms with Crippen molar-refractivity contribution in [1.29, 1.82) is 0 Å². The summed E-state index contributed by atoms with van der Waals surface area (Å²) in [6.07, 6.45) is 3.07. The van der Waals surface area contributed by atoms with Gasteiger partial charge in [0.25, 0.3) is 5.91 Å². The highest BCUT2D eigenvalue weighted by atomic mass is 16.1. The van der Waals surface area contributed by atoms with Crippen LogP contribution in [0, 0.1) is 6.92 Å². The molecule has 1 aromatic heterocycles. The summed E-state index contributed by atoms with van der Waals surface area (Å²) < 4.78 is 0. The second-order valence-electron chi connectivity index (χ2n) is 4.67. The van der Waals surface area contributed by atoms with Crippen molar-refractivity contribution in [2.75, 3.05) is 5.43 Å². The Hall–Kier alpha value is -2.40. The number of aromatic nitrogens is 1. The largest absolute Gasteiger partial charge is 0.345 e. The first-order valence-electron chi connectivity index (χ1n) is 6.40. The van der Waals surface area contributed by atoms with E-state index < -0.39 is 0 Å². The van der Waals surface area contributed by atoms with Crippen molar-refractivity contribution in [3.63, 3.8) is 0 Å². The van der Waals surface area contributed by atoms with Gasteiger partial charge in [0.2, 0.25) is 0 Å². The highest BCUT2D eigenvalue weighted by Gasteiger charge is 2.14. The van der Waals surface area contributed by atoms with Crippen LogP contribution in [0.15, 0.2) is 42.7 Å². The lowest BCUT2D eigenvalue weighted by atomic mass is 10.1. The molecule has 4 N–H and O–H groups in total. The summed E-state index contributed by atoms with van der Waals surface area (Å²) in [4.78, 5) is 16.2. The van der Waals surface area contributed by atoms with E-state index in [2.05, 4.69) is 15.7 Å². The van der Waals surface area contributed by atoms with Gasteiger partial charge in [0.15, 0.2) is 0 Å². The molecule has 1 aromatic carbocycles. The fourth-order valence-corrected chi connectivity index (χ4v) is 1.91. The van der Waals surface area contributed by atoms with E-state index in [1.807, 2.05) is 38.1 Å². The molecule has 0 bridgehead atoms. The maximum absolute atomic E-state index is 12.2. The van der Waals surface area contributed by atoms with Crippen LogP contribution in [0.4, 0.5) is 5.69 Å². The zero-order chi connectivity index (χ0) is 14.5. The summed E-state index contributed by atoms with van der Waals surface area (Å²) in [5, 5.41) is 2.93. The zero-order valence-electron chi connectivity index (χ0n) is 11.6. The van der Waals surface area contributed by atoms with Gasteiger partial charge in [0, 0.05) is 12.4 Å². The molecule has 5 heteroatoms. The van der Waals surface area contributed by atoms with Crippen molar-refractivity contribution < 1.29 is 4.79 Å². The fraction of sp³-hybridized carbons (Fsp3) is 0.200. The number of nitrogens with two attached hydrogens (primary N) is 1. The minimum atomic E-state index is -0.209. The summed E-state index contributed by atoms with van der Waals surface area (Å²) in [7, 11) is 0. The molecule has 1 unspecified atom stereocenters. The molecule has 5 nitrogen and oxygen atoms in total. The number of amides is 1. The van der Waals surface area contributed by atoms with Crippen molar-refractivity contribution in [3.8, 4) is 0 Å². The fourth-order valence-electron chi connectivity index (χ4n) is 1.91. The molecule has 0 spiro atoms. The van der Waals surface area contributed by atoms with Gasteiger partial charge in [-0.1, -0.05) is 29.8 Å². The van der Waals surface area contributed by atoms with E-state index in [0.717, 1.165) is 5.56 Å². The Bertz CT molecular complexity index is 595. The predicted molar refractivity (Wildman–Crippen MR) is 79.1 cm³/mol.